The molecule has 0 aromatic rings. The Morgan fingerprint density at radius 1 is 1.31 bits per heavy atom. The van der Waals surface area contributed by atoms with Crippen molar-refractivity contribution in [3.05, 3.63) is 0 Å². The minimum absolute atomic E-state index is 0.185. The van der Waals surface area contributed by atoms with Gasteiger partial charge in [-0.2, -0.15) is 0 Å². The van der Waals surface area contributed by atoms with Crippen LogP contribution in [0.15, 0.2) is 0 Å². The average Bonchev–Trinajstić information content (AvgIpc) is 2.30. The van der Waals surface area contributed by atoms with Crippen LogP contribution in [0.4, 0.5) is 0 Å². The monoisotopic (exact) mass is 246 g/mol. The molecule has 1 fully saturated rings. The lowest BCUT2D eigenvalue weighted by Gasteiger charge is -2.35. The number of hydrogen-bond acceptors (Lipinski definition) is 2. The maximum absolute atomic E-state index is 12.0. The maximum atomic E-state index is 12.0. The summed E-state index contributed by atoms with van der Waals surface area (Å²) in [6.45, 7) is 8.77. The first-order valence-corrected chi connectivity index (χ1v) is 6.79. The molecule has 1 saturated heterocycles. The first-order chi connectivity index (χ1) is 7.69. The largest absolute Gasteiger partial charge is 0.340 e. The van der Waals surface area contributed by atoms with Crippen LogP contribution in [-0.2, 0) is 4.79 Å². The lowest BCUT2D eigenvalue weighted by Crippen LogP contribution is -2.50. The summed E-state index contributed by atoms with van der Waals surface area (Å²) in [7, 11) is 0. The van der Waals surface area contributed by atoms with Gasteiger partial charge in [-0.05, 0) is 6.42 Å². The predicted octanol–water partition coefficient (Wildman–Crippen LogP) is 1.81. The minimum Gasteiger partial charge on any atom is -0.340 e. The average molecular weight is 247 g/mol. The standard InChI is InChI=1S/C12H23ClN2O/c1-3-4-11(2)12(16)15-9-7-14(6-5-13)8-10-15/h11H,3-10H2,1-2H3. The van der Waals surface area contributed by atoms with Crippen LogP contribution in [0, 0.1) is 5.92 Å². The van der Waals surface area contributed by atoms with E-state index in [9.17, 15) is 4.79 Å². The summed E-state index contributed by atoms with van der Waals surface area (Å²) in [6, 6.07) is 0. The molecule has 0 aromatic carbocycles. The highest BCUT2D eigenvalue weighted by Gasteiger charge is 2.23. The van der Waals surface area contributed by atoms with Crippen LogP contribution >= 0.6 is 11.6 Å². The molecule has 1 amide bonds. The third kappa shape index (κ3) is 3.95. The summed E-state index contributed by atoms with van der Waals surface area (Å²) in [5, 5.41) is 0. The first-order valence-electron chi connectivity index (χ1n) is 6.26. The zero-order chi connectivity index (χ0) is 12.0. The van der Waals surface area contributed by atoms with E-state index in [0.29, 0.717) is 11.8 Å². The number of rotatable bonds is 5. The van der Waals surface area contributed by atoms with E-state index in [1.54, 1.807) is 0 Å². The van der Waals surface area contributed by atoms with Gasteiger partial charge in [0, 0.05) is 44.5 Å². The van der Waals surface area contributed by atoms with Crippen LogP contribution in [0.2, 0.25) is 0 Å². The summed E-state index contributed by atoms with van der Waals surface area (Å²) in [5.74, 6) is 1.19. The van der Waals surface area contributed by atoms with E-state index >= 15 is 0 Å². The molecule has 3 nitrogen and oxygen atoms in total. The molecule has 1 aliphatic rings. The third-order valence-electron chi connectivity index (χ3n) is 3.23. The lowest BCUT2D eigenvalue weighted by molar-refractivity contribution is -0.136. The van der Waals surface area contributed by atoms with Gasteiger partial charge < -0.3 is 4.90 Å². The number of carbonyl (C=O) groups excluding carboxylic acids is 1. The zero-order valence-corrected chi connectivity index (χ0v) is 11.2. The molecule has 16 heavy (non-hydrogen) atoms. The van der Waals surface area contributed by atoms with E-state index in [1.807, 2.05) is 11.8 Å². The predicted molar refractivity (Wildman–Crippen MR) is 67.8 cm³/mol. The fourth-order valence-corrected chi connectivity index (χ4v) is 2.42. The van der Waals surface area contributed by atoms with Gasteiger partial charge in [-0.25, -0.2) is 0 Å². The summed E-state index contributed by atoms with van der Waals surface area (Å²) in [4.78, 5) is 16.4. The number of nitrogens with zero attached hydrogens (tertiary/aromatic N) is 2. The van der Waals surface area contributed by atoms with E-state index in [-0.39, 0.29) is 5.92 Å². The van der Waals surface area contributed by atoms with Crippen LogP contribution in [0.5, 0.6) is 0 Å². The second kappa shape index (κ2) is 7.13. The molecular weight excluding hydrogens is 224 g/mol. The highest BCUT2D eigenvalue weighted by Crippen LogP contribution is 2.12. The second-order valence-electron chi connectivity index (χ2n) is 4.55. The van der Waals surface area contributed by atoms with Crippen LogP contribution in [-0.4, -0.2) is 54.3 Å². The molecule has 1 atom stereocenters. The van der Waals surface area contributed by atoms with Crippen molar-refractivity contribution in [2.75, 3.05) is 38.6 Å². The summed E-state index contributed by atoms with van der Waals surface area (Å²) >= 11 is 5.70. The normalized spacial score (nSPS) is 19.8. The lowest BCUT2D eigenvalue weighted by atomic mass is 10.0. The Bertz CT molecular complexity index is 215. The van der Waals surface area contributed by atoms with Gasteiger partial charge in [0.25, 0.3) is 0 Å². The Morgan fingerprint density at radius 3 is 2.44 bits per heavy atom. The van der Waals surface area contributed by atoms with E-state index in [1.165, 1.54) is 0 Å². The van der Waals surface area contributed by atoms with Crippen molar-refractivity contribution in [2.45, 2.75) is 26.7 Å². The molecular formula is C12H23ClN2O. The van der Waals surface area contributed by atoms with Crippen LogP contribution in [0.1, 0.15) is 26.7 Å². The Balaban J connectivity index is 2.32. The number of amides is 1. The smallest absolute Gasteiger partial charge is 0.225 e. The molecule has 1 heterocycles. The molecule has 0 aromatic heterocycles. The van der Waals surface area contributed by atoms with Crippen molar-refractivity contribution in [1.29, 1.82) is 0 Å². The number of alkyl halides is 1. The fraction of sp³-hybridized carbons (Fsp3) is 0.917. The highest BCUT2D eigenvalue weighted by molar-refractivity contribution is 6.18. The number of carbonyl (C=O) groups is 1. The molecule has 1 unspecified atom stereocenters. The van der Waals surface area contributed by atoms with Gasteiger partial charge in [-0.1, -0.05) is 20.3 Å². The Kier molecular flexibility index (Phi) is 6.14. The fourth-order valence-electron chi connectivity index (χ4n) is 2.18. The van der Waals surface area contributed by atoms with Crippen molar-refractivity contribution in [2.24, 2.45) is 5.92 Å². The van der Waals surface area contributed by atoms with Gasteiger partial charge in [-0.15, -0.1) is 11.6 Å². The summed E-state index contributed by atoms with van der Waals surface area (Å²) < 4.78 is 0. The van der Waals surface area contributed by atoms with E-state index < -0.39 is 0 Å². The maximum Gasteiger partial charge on any atom is 0.225 e. The topological polar surface area (TPSA) is 23.6 Å². The van der Waals surface area contributed by atoms with Gasteiger partial charge in [-0.3, -0.25) is 9.69 Å². The number of piperazine rings is 1. The zero-order valence-electron chi connectivity index (χ0n) is 10.4. The van der Waals surface area contributed by atoms with E-state index in [0.717, 1.165) is 45.6 Å². The van der Waals surface area contributed by atoms with Crippen molar-refractivity contribution in [3.8, 4) is 0 Å². The van der Waals surface area contributed by atoms with Crippen molar-refractivity contribution < 1.29 is 4.79 Å². The summed E-state index contributed by atoms with van der Waals surface area (Å²) in [5.41, 5.74) is 0. The Morgan fingerprint density at radius 2 is 1.94 bits per heavy atom. The first kappa shape index (κ1) is 13.8. The molecule has 0 saturated carbocycles. The van der Waals surface area contributed by atoms with Crippen LogP contribution in [0.3, 0.4) is 0 Å². The van der Waals surface area contributed by atoms with E-state index in [4.69, 9.17) is 11.6 Å². The van der Waals surface area contributed by atoms with Crippen molar-refractivity contribution >= 4 is 17.5 Å². The van der Waals surface area contributed by atoms with Gasteiger partial charge in [0.05, 0.1) is 0 Å². The van der Waals surface area contributed by atoms with Crippen molar-refractivity contribution in [1.82, 2.24) is 9.80 Å². The van der Waals surface area contributed by atoms with Gasteiger partial charge in [0.1, 0.15) is 0 Å². The SMILES string of the molecule is CCCC(C)C(=O)N1CCN(CCCl)CC1. The third-order valence-corrected chi connectivity index (χ3v) is 3.40. The molecule has 4 heteroatoms. The molecule has 1 rings (SSSR count). The molecule has 0 N–H and O–H groups in total. The highest BCUT2D eigenvalue weighted by atomic mass is 35.5. The quantitative estimate of drug-likeness (QED) is 0.691. The Hall–Kier alpha value is -0.280. The van der Waals surface area contributed by atoms with E-state index in [2.05, 4.69) is 11.8 Å². The molecule has 0 bridgehead atoms. The molecule has 0 spiro atoms. The second-order valence-corrected chi connectivity index (χ2v) is 4.92. The Labute approximate surface area is 104 Å². The van der Waals surface area contributed by atoms with Crippen molar-refractivity contribution in [3.63, 3.8) is 0 Å². The van der Waals surface area contributed by atoms with Gasteiger partial charge in [0.2, 0.25) is 5.91 Å². The molecule has 0 radical (unpaired) electrons. The molecule has 0 aliphatic carbocycles. The van der Waals surface area contributed by atoms with Gasteiger partial charge >= 0.3 is 0 Å². The number of halogens is 1. The van der Waals surface area contributed by atoms with Crippen LogP contribution in [0.25, 0.3) is 0 Å². The molecule has 94 valence electrons. The molecule has 1 aliphatic heterocycles. The van der Waals surface area contributed by atoms with Crippen LogP contribution < -0.4 is 0 Å². The van der Waals surface area contributed by atoms with Gasteiger partial charge in [0.15, 0.2) is 0 Å². The number of hydrogen-bond donors (Lipinski definition) is 0. The summed E-state index contributed by atoms with van der Waals surface area (Å²) in [6.07, 6.45) is 2.08. The minimum atomic E-state index is 0.185.